The molecule has 0 saturated heterocycles. The highest BCUT2D eigenvalue weighted by atomic mass is 35.5. The lowest BCUT2D eigenvalue weighted by Crippen LogP contribution is -2.39. The van der Waals surface area contributed by atoms with Crippen LogP contribution in [0.1, 0.15) is 44.9 Å². The van der Waals surface area contributed by atoms with E-state index in [-0.39, 0.29) is 0 Å². The molecule has 0 unspecified atom stereocenters. The second-order valence-electron chi connectivity index (χ2n) is 5.50. The van der Waals surface area contributed by atoms with E-state index in [1.807, 2.05) is 11.9 Å². The van der Waals surface area contributed by atoms with Crippen LogP contribution < -0.4 is 4.90 Å². The van der Waals surface area contributed by atoms with Gasteiger partial charge in [0.2, 0.25) is 0 Å². The van der Waals surface area contributed by atoms with E-state index in [2.05, 4.69) is 16.9 Å². The number of aliphatic hydroxyl groups is 1. The third-order valence-corrected chi connectivity index (χ3v) is 3.85. The summed E-state index contributed by atoms with van der Waals surface area (Å²) in [5.74, 6) is 1.57. The maximum absolute atomic E-state index is 10.4. The van der Waals surface area contributed by atoms with Gasteiger partial charge in [-0.2, -0.15) is 0 Å². The summed E-state index contributed by atoms with van der Waals surface area (Å²) < 4.78 is 0. The molecule has 1 heterocycles. The Kier molecular flexibility index (Phi) is 4.63. The highest BCUT2D eigenvalue weighted by molar-refractivity contribution is 6.29. The number of anilines is 1. The van der Waals surface area contributed by atoms with Gasteiger partial charge in [0.1, 0.15) is 16.8 Å². The number of rotatable bonds is 5. The smallest absolute Gasteiger partial charge is 0.134 e. The van der Waals surface area contributed by atoms with E-state index in [1.54, 1.807) is 6.07 Å². The third kappa shape index (κ3) is 3.80. The first kappa shape index (κ1) is 14.5. The zero-order valence-electron chi connectivity index (χ0n) is 11.7. The van der Waals surface area contributed by atoms with Gasteiger partial charge in [0.15, 0.2) is 0 Å². The zero-order chi connectivity index (χ0) is 13.9. The van der Waals surface area contributed by atoms with Crippen LogP contribution >= 0.6 is 11.6 Å². The summed E-state index contributed by atoms with van der Waals surface area (Å²) in [7, 11) is 1.95. The maximum atomic E-state index is 10.4. The molecule has 0 atom stereocenters. The highest BCUT2D eigenvalue weighted by Crippen LogP contribution is 2.31. The van der Waals surface area contributed by atoms with Crippen LogP contribution in [0.5, 0.6) is 0 Å². The first-order valence-corrected chi connectivity index (χ1v) is 7.37. The molecule has 0 aliphatic heterocycles. The van der Waals surface area contributed by atoms with Crippen molar-refractivity contribution in [2.24, 2.45) is 0 Å². The van der Waals surface area contributed by atoms with Gasteiger partial charge in [-0.1, -0.05) is 31.4 Å². The van der Waals surface area contributed by atoms with Crippen molar-refractivity contribution in [3.05, 3.63) is 17.0 Å². The summed E-state index contributed by atoms with van der Waals surface area (Å²) in [4.78, 5) is 10.7. The second kappa shape index (κ2) is 6.06. The lowest BCUT2D eigenvalue weighted by Gasteiger charge is -2.29. The second-order valence-corrected chi connectivity index (χ2v) is 5.89. The van der Waals surface area contributed by atoms with E-state index in [0.717, 1.165) is 50.2 Å². The maximum Gasteiger partial charge on any atom is 0.134 e. The van der Waals surface area contributed by atoms with Crippen LogP contribution in [0.4, 0.5) is 5.82 Å². The van der Waals surface area contributed by atoms with Crippen LogP contribution in [-0.4, -0.2) is 34.3 Å². The van der Waals surface area contributed by atoms with Crippen molar-refractivity contribution in [2.75, 3.05) is 18.5 Å². The Balaban J connectivity index is 2.11. The number of nitrogens with zero attached hydrogens (tertiary/aromatic N) is 3. The molecule has 1 aliphatic carbocycles. The lowest BCUT2D eigenvalue weighted by molar-refractivity contribution is 0.0558. The van der Waals surface area contributed by atoms with Gasteiger partial charge in [-0.05, 0) is 19.3 Å². The van der Waals surface area contributed by atoms with E-state index in [0.29, 0.717) is 11.7 Å². The molecule has 19 heavy (non-hydrogen) atoms. The molecule has 0 spiro atoms. The molecule has 0 amide bonds. The van der Waals surface area contributed by atoms with Crippen molar-refractivity contribution in [1.29, 1.82) is 0 Å². The fourth-order valence-electron chi connectivity index (χ4n) is 2.70. The van der Waals surface area contributed by atoms with Gasteiger partial charge >= 0.3 is 0 Å². The topological polar surface area (TPSA) is 49.2 Å². The van der Waals surface area contributed by atoms with Gasteiger partial charge in [0, 0.05) is 26.1 Å². The SMILES string of the molecule is CCCc1nc(Cl)cc(N(C)CC2(O)CCCC2)n1. The number of halogens is 1. The van der Waals surface area contributed by atoms with Gasteiger partial charge in [0.05, 0.1) is 5.60 Å². The average molecular weight is 284 g/mol. The van der Waals surface area contributed by atoms with Crippen molar-refractivity contribution in [3.8, 4) is 0 Å². The molecule has 1 aromatic heterocycles. The summed E-state index contributed by atoms with van der Waals surface area (Å²) in [6.07, 6.45) is 5.78. The van der Waals surface area contributed by atoms with Gasteiger partial charge in [0.25, 0.3) is 0 Å². The number of likely N-dealkylation sites (N-methyl/N-ethyl adjacent to an activating group) is 1. The summed E-state index contributed by atoms with van der Waals surface area (Å²) in [6, 6.07) is 1.76. The van der Waals surface area contributed by atoms with Crippen LogP contribution in [0.2, 0.25) is 5.15 Å². The standard InChI is InChI=1S/C14H22ClN3O/c1-3-6-12-16-11(15)9-13(17-12)18(2)10-14(19)7-4-5-8-14/h9,19H,3-8,10H2,1-2H3. The van der Waals surface area contributed by atoms with Crippen LogP contribution in [-0.2, 0) is 6.42 Å². The van der Waals surface area contributed by atoms with Crippen molar-refractivity contribution >= 4 is 17.4 Å². The fourth-order valence-corrected chi connectivity index (χ4v) is 2.89. The average Bonchev–Trinajstić information content (AvgIpc) is 2.75. The molecule has 0 aromatic carbocycles. The van der Waals surface area contributed by atoms with Crippen LogP contribution in [0, 0.1) is 0 Å². The molecule has 4 nitrogen and oxygen atoms in total. The normalized spacial score (nSPS) is 17.7. The van der Waals surface area contributed by atoms with E-state index >= 15 is 0 Å². The molecular weight excluding hydrogens is 262 g/mol. The van der Waals surface area contributed by atoms with E-state index in [1.165, 1.54) is 0 Å². The molecule has 0 radical (unpaired) electrons. The summed E-state index contributed by atoms with van der Waals surface area (Å²) in [5.41, 5.74) is -0.572. The summed E-state index contributed by atoms with van der Waals surface area (Å²) in [6.45, 7) is 2.70. The molecule has 1 aliphatic rings. The van der Waals surface area contributed by atoms with Gasteiger partial charge in [-0.25, -0.2) is 9.97 Å². The number of aryl methyl sites for hydroxylation is 1. The molecule has 1 aromatic rings. The molecular formula is C14H22ClN3O. The Morgan fingerprint density at radius 1 is 1.37 bits per heavy atom. The molecule has 1 N–H and O–H groups in total. The lowest BCUT2D eigenvalue weighted by atomic mass is 10.0. The van der Waals surface area contributed by atoms with Gasteiger partial charge < -0.3 is 10.0 Å². The largest absolute Gasteiger partial charge is 0.388 e. The Hall–Kier alpha value is -0.870. The Labute approximate surface area is 119 Å². The minimum Gasteiger partial charge on any atom is -0.388 e. The van der Waals surface area contributed by atoms with Crippen molar-refractivity contribution in [3.63, 3.8) is 0 Å². The summed E-state index contributed by atoms with van der Waals surface area (Å²) in [5, 5.41) is 10.9. The summed E-state index contributed by atoms with van der Waals surface area (Å²) >= 11 is 6.04. The first-order chi connectivity index (χ1) is 9.02. The first-order valence-electron chi connectivity index (χ1n) is 6.99. The van der Waals surface area contributed by atoms with Crippen LogP contribution in [0.3, 0.4) is 0 Å². The number of aromatic nitrogens is 2. The molecule has 106 valence electrons. The molecule has 0 bridgehead atoms. The quantitative estimate of drug-likeness (QED) is 0.844. The Morgan fingerprint density at radius 2 is 2.05 bits per heavy atom. The number of hydrogen-bond donors (Lipinski definition) is 1. The zero-order valence-corrected chi connectivity index (χ0v) is 12.4. The fraction of sp³-hybridized carbons (Fsp3) is 0.714. The minimum atomic E-state index is -0.572. The van der Waals surface area contributed by atoms with Crippen molar-refractivity contribution in [1.82, 2.24) is 9.97 Å². The highest BCUT2D eigenvalue weighted by Gasteiger charge is 2.32. The Bertz CT molecular complexity index is 433. The van der Waals surface area contributed by atoms with Gasteiger partial charge in [-0.3, -0.25) is 0 Å². The predicted octanol–water partition coefficient (Wildman–Crippen LogP) is 2.82. The third-order valence-electron chi connectivity index (χ3n) is 3.66. The monoisotopic (exact) mass is 283 g/mol. The molecule has 2 rings (SSSR count). The minimum absolute atomic E-state index is 0.471. The van der Waals surface area contributed by atoms with Crippen LogP contribution in [0.25, 0.3) is 0 Å². The van der Waals surface area contributed by atoms with E-state index in [9.17, 15) is 5.11 Å². The Morgan fingerprint density at radius 3 is 2.68 bits per heavy atom. The molecule has 5 heteroatoms. The predicted molar refractivity (Wildman–Crippen MR) is 77.7 cm³/mol. The molecule has 1 fully saturated rings. The van der Waals surface area contributed by atoms with E-state index in [4.69, 9.17) is 11.6 Å². The van der Waals surface area contributed by atoms with Crippen molar-refractivity contribution < 1.29 is 5.11 Å². The van der Waals surface area contributed by atoms with Crippen LogP contribution in [0.15, 0.2) is 6.07 Å². The van der Waals surface area contributed by atoms with Gasteiger partial charge in [-0.15, -0.1) is 0 Å². The number of hydrogen-bond acceptors (Lipinski definition) is 4. The molecule has 1 saturated carbocycles. The van der Waals surface area contributed by atoms with E-state index < -0.39 is 5.60 Å². The van der Waals surface area contributed by atoms with Crippen molar-refractivity contribution in [2.45, 2.75) is 51.0 Å².